The second-order valence-corrected chi connectivity index (χ2v) is 3.54. The van der Waals surface area contributed by atoms with Gasteiger partial charge in [-0.3, -0.25) is 0 Å². The summed E-state index contributed by atoms with van der Waals surface area (Å²) in [6, 6.07) is 5.71. The topological polar surface area (TPSA) is 22.1 Å². The van der Waals surface area contributed by atoms with Gasteiger partial charge in [-0.1, -0.05) is 6.07 Å². The van der Waals surface area contributed by atoms with Crippen molar-refractivity contribution in [2.24, 2.45) is 0 Å². The van der Waals surface area contributed by atoms with Crippen LogP contribution in [0.1, 0.15) is 5.56 Å². The molecule has 0 saturated heterocycles. The van der Waals surface area contributed by atoms with Gasteiger partial charge in [0.2, 0.25) is 11.8 Å². The summed E-state index contributed by atoms with van der Waals surface area (Å²) in [5.41, 5.74) is -1.46. The third kappa shape index (κ3) is 3.18. The number of benzene rings is 1. The van der Waals surface area contributed by atoms with Crippen LogP contribution >= 0.6 is 0 Å². The molecule has 0 aliphatic heterocycles. The van der Waals surface area contributed by atoms with Gasteiger partial charge < -0.3 is 4.74 Å². The first kappa shape index (κ1) is 13.3. The number of ether oxygens (including phenoxy) is 1. The van der Waals surface area contributed by atoms with Crippen LogP contribution in [0.25, 0.3) is 0 Å². The zero-order chi connectivity index (χ0) is 14.0. The Labute approximate surface area is 104 Å². The van der Waals surface area contributed by atoms with E-state index in [1.807, 2.05) is 0 Å². The Morgan fingerprint density at radius 3 is 2.37 bits per heavy atom. The molecule has 2 aromatic rings. The van der Waals surface area contributed by atoms with Crippen LogP contribution in [0, 0.1) is 11.8 Å². The maximum Gasteiger partial charge on any atom is 0.419 e. The summed E-state index contributed by atoms with van der Waals surface area (Å²) in [6.07, 6.45) is -4.83. The van der Waals surface area contributed by atoms with E-state index in [0.717, 1.165) is 12.1 Å². The first-order valence-electron chi connectivity index (χ1n) is 5.03. The maximum atomic E-state index is 13.0. The van der Waals surface area contributed by atoms with E-state index in [4.69, 9.17) is 4.74 Å². The van der Waals surface area contributed by atoms with Gasteiger partial charge in [0.25, 0.3) is 0 Å². The predicted molar refractivity (Wildman–Crippen MR) is 55.7 cm³/mol. The van der Waals surface area contributed by atoms with Crippen LogP contribution in [0.3, 0.4) is 0 Å². The molecular weight excluding hydrogens is 269 g/mol. The number of pyridine rings is 1. The SMILES string of the molecule is Fc1cccc(Oc2ccc(F)c(C(F)(F)F)c2)n1. The highest BCUT2D eigenvalue weighted by Gasteiger charge is 2.34. The largest absolute Gasteiger partial charge is 0.439 e. The Morgan fingerprint density at radius 2 is 1.74 bits per heavy atom. The third-order valence-corrected chi connectivity index (χ3v) is 2.16. The number of aromatic nitrogens is 1. The van der Waals surface area contributed by atoms with Crippen molar-refractivity contribution in [2.45, 2.75) is 6.18 Å². The predicted octanol–water partition coefficient (Wildman–Crippen LogP) is 4.17. The minimum Gasteiger partial charge on any atom is -0.439 e. The molecule has 19 heavy (non-hydrogen) atoms. The minimum atomic E-state index is -4.83. The van der Waals surface area contributed by atoms with E-state index >= 15 is 0 Å². The number of nitrogens with zero attached hydrogens (tertiary/aromatic N) is 1. The lowest BCUT2D eigenvalue weighted by atomic mass is 10.2. The van der Waals surface area contributed by atoms with Crippen molar-refractivity contribution < 1.29 is 26.7 Å². The minimum absolute atomic E-state index is 0.222. The Bertz CT molecular complexity index is 597. The summed E-state index contributed by atoms with van der Waals surface area (Å²) in [5.74, 6) is -2.76. The van der Waals surface area contributed by atoms with Crippen LogP contribution in [-0.2, 0) is 6.18 Å². The van der Waals surface area contributed by atoms with Crippen molar-refractivity contribution in [3.63, 3.8) is 0 Å². The zero-order valence-electron chi connectivity index (χ0n) is 9.21. The summed E-state index contributed by atoms with van der Waals surface area (Å²) in [6.45, 7) is 0. The number of halogens is 5. The van der Waals surface area contributed by atoms with Crippen LogP contribution in [0.5, 0.6) is 11.6 Å². The average molecular weight is 275 g/mol. The quantitative estimate of drug-likeness (QED) is 0.606. The van der Waals surface area contributed by atoms with Gasteiger partial charge in [0.05, 0.1) is 5.56 Å². The van der Waals surface area contributed by atoms with Gasteiger partial charge >= 0.3 is 6.18 Å². The third-order valence-electron chi connectivity index (χ3n) is 2.16. The first-order chi connectivity index (χ1) is 8.86. The van der Waals surface area contributed by atoms with Crippen molar-refractivity contribution in [1.82, 2.24) is 4.98 Å². The molecule has 0 atom stereocenters. The molecule has 0 radical (unpaired) electrons. The zero-order valence-corrected chi connectivity index (χ0v) is 9.21. The van der Waals surface area contributed by atoms with Crippen LogP contribution in [0.2, 0.25) is 0 Å². The molecule has 0 saturated carbocycles. The molecule has 1 heterocycles. The van der Waals surface area contributed by atoms with Crippen molar-refractivity contribution in [1.29, 1.82) is 0 Å². The number of hydrogen-bond donors (Lipinski definition) is 0. The van der Waals surface area contributed by atoms with E-state index in [1.54, 1.807) is 0 Å². The van der Waals surface area contributed by atoms with Gasteiger partial charge in [0, 0.05) is 6.07 Å². The molecule has 0 unspecified atom stereocenters. The Balaban J connectivity index is 2.32. The van der Waals surface area contributed by atoms with Gasteiger partial charge in [-0.25, -0.2) is 4.39 Å². The molecule has 0 aliphatic carbocycles. The molecular formula is C12H6F5NO. The lowest BCUT2D eigenvalue weighted by Crippen LogP contribution is -2.08. The fourth-order valence-corrected chi connectivity index (χ4v) is 1.35. The molecule has 1 aromatic heterocycles. The van der Waals surface area contributed by atoms with E-state index < -0.39 is 23.5 Å². The van der Waals surface area contributed by atoms with E-state index in [9.17, 15) is 22.0 Å². The van der Waals surface area contributed by atoms with Gasteiger partial charge in [-0.05, 0) is 24.3 Å². The van der Waals surface area contributed by atoms with Crippen LogP contribution < -0.4 is 4.74 Å². The van der Waals surface area contributed by atoms with Crippen LogP contribution in [0.15, 0.2) is 36.4 Å². The fourth-order valence-electron chi connectivity index (χ4n) is 1.35. The smallest absolute Gasteiger partial charge is 0.419 e. The molecule has 0 aliphatic rings. The normalized spacial score (nSPS) is 11.4. The molecule has 0 N–H and O–H groups in total. The molecule has 1 aromatic carbocycles. The van der Waals surface area contributed by atoms with E-state index in [2.05, 4.69) is 4.98 Å². The summed E-state index contributed by atoms with van der Waals surface area (Å²) in [7, 11) is 0. The second-order valence-electron chi connectivity index (χ2n) is 3.54. The van der Waals surface area contributed by atoms with Crippen LogP contribution in [-0.4, -0.2) is 4.98 Å². The molecule has 2 rings (SSSR count). The van der Waals surface area contributed by atoms with Crippen molar-refractivity contribution >= 4 is 0 Å². The summed E-state index contributed by atoms with van der Waals surface area (Å²) in [5, 5.41) is 0. The molecule has 7 heteroatoms. The molecule has 0 bridgehead atoms. The van der Waals surface area contributed by atoms with E-state index in [-0.39, 0.29) is 11.6 Å². The molecule has 0 amide bonds. The van der Waals surface area contributed by atoms with Crippen molar-refractivity contribution in [2.75, 3.05) is 0 Å². The molecule has 100 valence electrons. The van der Waals surface area contributed by atoms with Gasteiger partial charge in [-0.15, -0.1) is 0 Å². The highest BCUT2D eigenvalue weighted by molar-refractivity contribution is 5.34. The van der Waals surface area contributed by atoms with Gasteiger partial charge in [0.15, 0.2) is 0 Å². The number of alkyl halides is 3. The standard InChI is InChI=1S/C12H6F5NO/c13-9-5-4-7(6-8(9)12(15,16)17)19-11-3-1-2-10(14)18-11/h1-6H. The van der Waals surface area contributed by atoms with E-state index in [0.29, 0.717) is 12.1 Å². The lowest BCUT2D eigenvalue weighted by Gasteiger charge is -2.10. The molecule has 2 nitrogen and oxygen atoms in total. The fraction of sp³-hybridized carbons (Fsp3) is 0.0833. The average Bonchev–Trinajstić information content (AvgIpc) is 2.30. The number of rotatable bonds is 2. The van der Waals surface area contributed by atoms with Crippen molar-refractivity contribution in [3.05, 3.63) is 53.7 Å². The molecule has 0 spiro atoms. The molecule has 0 fully saturated rings. The Kier molecular flexibility index (Phi) is 3.37. The van der Waals surface area contributed by atoms with Crippen LogP contribution in [0.4, 0.5) is 22.0 Å². The summed E-state index contributed by atoms with van der Waals surface area (Å²) >= 11 is 0. The first-order valence-corrected chi connectivity index (χ1v) is 5.03. The van der Waals surface area contributed by atoms with Gasteiger partial charge in [0.1, 0.15) is 11.6 Å². The van der Waals surface area contributed by atoms with E-state index in [1.165, 1.54) is 12.1 Å². The van der Waals surface area contributed by atoms with Crippen molar-refractivity contribution in [3.8, 4) is 11.6 Å². The highest BCUT2D eigenvalue weighted by atomic mass is 19.4. The monoisotopic (exact) mass is 275 g/mol. The lowest BCUT2D eigenvalue weighted by molar-refractivity contribution is -0.140. The summed E-state index contributed by atoms with van der Waals surface area (Å²) < 4.78 is 68.1. The Morgan fingerprint density at radius 1 is 1.00 bits per heavy atom. The second kappa shape index (κ2) is 4.83. The number of hydrogen-bond acceptors (Lipinski definition) is 2. The van der Waals surface area contributed by atoms with Gasteiger partial charge in [-0.2, -0.15) is 22.5 Å². The maximum absolute atomic E-state index is 13.0. The summed E-state index contributed by atoms with van der Waals surface area (Å²) in [4.78, 5) is 3.32. The Hall–Kier alpha value is -2.18. The highest BCUT2D eigenvalue weighted by Crippen LogP contribution is 2.34.